The normalized spacial score (nSPS) is 29.0. The van der Waals surface area contributed by atoms with Crippen LogP contribution in [0.1, 0.15) is 65.8 Å². The zero-order valence-electron chi connectivity index (χ0n) is 20.4. The van der Waals surface area contributed by atoms with Crippen LogP contribution in [0.5, 0.6) is 0 Å². The van der Waals surface area contributed by atoms with Gasteiger partial charge in [0.25, 0.3) is 5.56 Å². The highest BCUT2D eigenvalue weighted by Crippen LogP contribution is 2.37. The number of aromatic nitrogens is 8. The third-order valence-electron chi connectivity index (χ3n) is 7.56. The maximum absolute atomic E-state index is 13.5. The fraction of sp³-hybridized carbons (Fsp3) is 0.583. The summed E-state index contributed by atoms with van der Waals surface area (Å²) < 4.78 is 17.6. The molecular weight excluding hydrogens is 448 g/mol. The summed E-state index contributed by atoms with van der Waals surface area (Å²) in [6.45, 7) is 8.64. The lowest BCUT2D eigenvalue weighted by Gasteiger charge is -2.15. The largest absolute Gasteiger partial charge is 0.354 e. The minimum absolute atomic E-state index is 0.142. The van der Waals surface area contributed by atoms with Gasteiger partial charge in [-0.3, -0.25) is 13.9 Å². The van der Waals surface area contributed by atoms with Crippen molar-refractivity contribution < 1.29 is 9.47 Å². The molecule has 4 aromatic heterocycles. The van der Waals surface area contributed by atoms with Crippen LogP contribution in [0.25, 0.3) is 28.1 Å². The minimum atomic E-state index is -0.307. The Morgan fingerprint density at radius 2 is 1.37 bits per heavy atom. The monoisotopic (exact) mass is 478 g/mol. The zero-order valence-corrected chi connectivity index (χ0v) is 20.4. The molecule has 0 aliphatic carbocycles. The van der Waals surface area contributed by atoms with E-state index in [9.17, 15) is 4.79 Å². The van der Waals surface area contributed by atoms with Crippen LogP contribution < -0.4 is 5.56 Å². The van der Waals surface area contributed by atoms with Crippen LogP contribution in [-0.2, 0) is 9.47 Å². The van der Waals surface area contributed by atoms with E-state index >= 15 is 0 Å². The molecule has 0 bridgehead atoms. The minimum Gasteiger partial charge on any atom is -0.354 e. The first-order valence-corrected chi connectivity index (χ1v) is 12.4. The third-order valence-corrected chi connectivity index (χ3v) is 7.56. The lowest BCUT2D eigenvalue weighted by atomic mass is 10.0. The Morgan fingerprint density at radius 1 is 0.800 bits per heavy atom. The van der Waals surface area contributed by atoms with E-state index in [0.717, 1.165) is 25.7 Å². The Morgan fingerprint density at radius 3 is 1.94 bits per heavy atom. The van der Waals surface area contributed by atoms with Crippen LogP contribution in [0.3, 0.4) is 0 Å². The molecule has 0 amide bonds. The van der Waals surface area contributed by atoms with Crippen LogP contribution >= 0.6 is 0 Å². The topological polar surface area (TPSA) is 115 Å². The SMILES string of the molecule is CC[C@H]1O[C@@H](n2cnc3c(-n4cnc5c(ncn5[C@H]5CC(C)[C@@H](CC)O5)c4=O)ncnc32)CC1C. The Bertz CT molecular complexity index is 1440. The van der Waals surface area contributed by atoms with Crippen molar-refractivity contribution in [1.82, 2.24) is 38.6 Å². The van der Waals surface area contributed by atoms with E-state index in [2.05, 4.69) is 52.6 Å². The first kappa shape index (κ1) is 22.3. The summed E-state index contributed by atoms with van der Waals surface area (Å²) in [5.74, 6) is 1.26. The molecule has 2 unspecified atom stereocenters. The van der Waals surface area contributed by atoms with Crippen LogP contribution in [0, 0.1) is 11.8 Å². The van der Waals surface area contributed by atoms with E-state index in [1.54, 1.807) is 12.7 Å². The van der Waals surface area contributed by atoms with E-state index < -0.39 is 0 Å². The summed E-state index contributed by atoms with van der Waals surface area (Å²) in [5.41, 5.74) is 1.62. The predicted octanol–water partition coefficient (Wildman–Crippen LogP) is 3.39. The molecule has 6 heterocycles. The van der Waals surface area contributed by atoms with Gasteiger partial charge in [-0.15, -0.1) is 0 Å². The van der Waals surface area contributed by atoms with Crippen molar-refractivity contribution in [3.05, 3.63) is 35.7 Å². The number of hydrogen-bond acceptors (Lipinski definition) is 8. The van der Waals surface area contributed by atoms with Crippen LogP contribution in [0.15, 0.2) is 30.1 Å². The fourth-order valence-corrected chi connectivity index (χ4v) is 5.58. The predicted molar refractivity (Wildman–Crippen MR) is 128 cm³/mol. The summed E-state index contributed by atoms with van der Waals surface area (Å²) in [6.07, 6.45) is 10.0. The van der Waals surface area contributed by atoms with Gasteiger partial charge in [-0.2, -0.15) is 0 Å². The molecular formula is C24H30N8O3. The Balaban J connectivity index is 1.38. The van der Waals surface area contributed by atoms with Crippen molar-refractivity contribution in [1.29, 1.82) is 0 Å². The zero-order chi connectivity index (χ0) is 24.3. The molecule has 35 heavy (non-hydrogen) atoms. The molecule has 2 fully saturated rings. The number of ether oxygens (including phenoxy) is 2. The second-order valence-electron chi connectivity index (χ2n) is 9.77. The second-order valence-corrected chi connectivity index (χ2v) is 9.77. The van der Waals surface area contributed by atoms with Gasteiger partial charge in [0, 0.05) is 0 Å². The molecule has 2 aliphatic rings. The summed E-state index contributed by atoms with van der Waals surface area (Å²) in [4.78, 5) is 35.8. The molecule has 0 aromatic carbocycles. The molecule has 2 saturated heterocycles. The summed E-state index contributed by atoms with van der Waals surface area (Å²) in [5, 5.41) is 0. The van der Waals surface area contributed by atoms with Crippen LogP contribution in [0.2, 0.25) is 0 Å². The van der Waals surface area contributed by atoms with E-state index in [1.165, 1.54) is 17.2 Å². The highest BCUT2D eigenvalue weighted by Gasteiger charge is 2.34. The summed E-state index contributed by atoms with van der Waals surface area (Å²) in [6, 6.07) is 0. The maximum Gasteiger partial charge on any atom is 0.287 e. The van der Waals surface area contributed by atoms with Crippen molar-refractivity contribution in [2.45, 2.75) is 78.0 Å². The van der Waals surface area contributed by atoms with Crippen molar-refractivity contribution in [3.8, 4) is 5.82 Å². The number of fused-ring (bicyclic) bond motifs is 2. The number of imidazole rings is 2. The fourth-order valence-electron chi connectivity index (χ4n) is 5.58. The molecule has 0 saturated carbocycles. The Kier molecular flexibility index (Phi) is 5.41. The molecule has 2 aliphatic heterocycles. The lowest BCUT2D eigenvalue weighted by Crippen LogP contribution is -2.21. The van der Waals surface area contributed by atoms with Crippen molar-refractivity contribution in [2.75, 3.05) is 0 Å². The van der Waals surface area contributed by atoms with E-state index in [1.807, 2.05) is 9.13 Å². The number of hydrogen-bond donors (Lipinski definition) is 0. The van der Waals surface area contributed by atoms with Gasteiger partial charge in [0.15, 0.2) is 28.1 Å². The van der Waals surface area contributed by atoms with Gasteiger partial charge in [-0.05, 0) is 37.5 Å². The number of nitrogens with zero attached hydrogens (tertiary/aromatic N) is 8. The average Bonchev–Trinajstić information content (AvgIpc) is 3.63. The molecule has 11 heteroatoms. The molecule has 11 nitrogen and oxygen atoms in total. The first-order chi connectivity index (χ1) is 17.0. The van der Waals surface area contributed by atoms with Crippen LogP contribution in [-0.4, -0.2) is 50.8 Å². The van der Waals surface area contributed by atoms with Crippen molar-refractivity contribution in [2.24, 2.45) is 11.8 Å². The molecule has 184 valence electrons. The Hall–Kier alpha value is -3.18. The van der Waals surface area contributed by atoms with Gasteiger partial charge in [0.2, 0.25) is 0 Å². The molecule has 6 atom stereocenters. The third kappa shape index (κ3) is 3.48. The second kappa shape index (κ2) is 8.49. The molecule has 0 N–H and O–H groups in total. The van der Waals surface area contributed by atoms with E-state index in [4.69, 9.17) is 9.47 Å². The van der Waals surface area contributed by atoms with Gasteiger partial charge in [0.1, 0.15) is 25.1 Å². The quantitative estimate of drug-likeness (QED) is 0.429. The smallest absolute Gasteiger partial charge is 0.287 e. The van der Waals surface area contributed by atoms with Gasteiger partial charge >= 0.3 is 0 Å². The van der Waals surface area contributed by atoms with Crippen molar-refractivity contribution >= 4 is 22.3 Å². The standard InChI is InChI=1S/C24H30N8O3/c1-5-15-13(3)7-17(34-15)30-10-27-19-21(30)25-9-26-22(19)32-12-29-23-20(24(32)33)28-11-31(23)18-8-14(4)16(6-2)35-18/h9-18H,5-8H2,1-4H3/t13?,14?,15-,16-,17-,18-/m1/s1. The molecule has 0 spiro atoms. The summed E-state index contributed by atoms with van der Waals surface area (Å²) >= 11 is 0. The number of rotatable bonds is 5. The summed E-state index contributed by atoms with van der Waals surface area (Å²) in [7, 11) is 0. The highest BCUT2D eigenvalue weighted by molar-refractivity contribution is 5.79. The highest BCUT2D eigenvalue weighted by atomic mass is 16.5. The van der Waals surface area contributed by atoms with E-state index in [-0.39, 0.29) is 35.7 Å². The van der Waals surface area contributed by atoms with Gasteiger partial charge in [0.05, 0.1) is 24.9 Å². The lowest BCUT2D eigenvalue weighted by molar-refractivity contribution is -0.00320. The first-order valence-electron chi connectivity index (χ1n) is 12.4. The maximum atomic E-state index is 13.5. The molecule has 6 rings (SSSR count). The van der Waals surface area contributed by atoms with Crippen molar-refractivity contribution in [3.63, 3.8) is 0 Å². The van der Waals surface area contributed by atoms with Crippen LogP contribution in [0.4, 0.5) is 0 Å². The van der Waals surface area contributed by atoms with E-state index in [0.29, 0.717) is 34.5 Å². The average molecular weight is 479 g/mol. The Labute approximate surface area is 202 Å². The van der Waals surface area contributed by atoms with Gasteiger partial charge in [-0.25, -0.2) is 29.5 Å². The molecule has 0 radical (unpaired) electrons. The van der Waals surface area contributed by atoms with Gasteiger partial charge in [-0.1, -0.05) is 27.7 Å². The molecule has 4 aromatic rings. The van der Waals surface area contributed by atoms with Gasteiger partial charge < -0.3 is 9.47 Å².